The van der Waals surface area contributed by atoms with Crippen LogP contribution < -0.4 is 0 Å². The minimum atomic E-state index is 0.0583. The molecule has 1 saturated heterocycles. The summed E-state index contributed by atoms with van der Waals surface area (Å²) >= 11 is 1.67. The van der Waals surface area contributed by atoms with E-state index in [1.807, 2.05) is 40.6 Å². The van der Waals surface area contributed by atoms with E-state index < -0.39 is 0 Å². The van der Waals surface area contributed by atoms with Gasteiger partial charge in [-0.25, -0.2) is 0 Å². The van der Waals surface area contributed by atoms with Gasteiger partial charge in [0.2, 0.25) is 5.91 Å². The Hall–Kier alpha value is -2.18. The van der Waals surface area contributed by atoms with E-state index in [0.29, 0.717) is 24.4 Å². The van der Waals surface area contributed by atoms with Gasteiger partial charge in [0.1, 0.15) is 5.69 Å². The van der Waals surface area contributed by atoms with Crippen LogP contribution in [0.3, 0.4) is 0 Å². The lowest BCUT2D eigenvalue weighted by Gasteiger charge is -2.25. The molecule has 3 heterocycles. The van der Waals surface area contributed by atoms with Gasteiger partial charge >= 0.3 is 0 Å². The van der Waals surface area contributed by atoms with Gasteiger partial charge in [-0.1, -0.05) is 23.4 Å². The molecule has 3 aromatic rings. The van der Waals surface area contributed by atoms with Crippen molar-refractivity contribution in [2.24, 2.45) is 0 Å². The fraction of sp³-hybridized carbons (Fsp3) is 0.368. The maximum Gasteiger partial charge on any atom is 0.229 e. The summed E-state index contributed by atoms with van der Waals surface area (Å²) in [5, 5.41) is 7.04. The molecule has 1 aliphatic rings. The summed E-state index contributed by atoms with van der Waals surface area (Å²) in [5.41, 5.74) is 1.42. The summed E-state index contributed by atoms with van der Waals surface area (Å²) in [6.45, 7) is 2.04. The number of nitrogens with zero attached hydrogens (tertiary/aromatic N) is 2. The molecule has 0 N–H and O–H groups in total. The Balaban J connectivity index is 1.51. The Morgan fingerprint density at radius 2 is 2.20 bits per heavy atom. The van der Waals surface area contributed by atoms with Crippen LogP contribution in [0.4, 0.5) is 0 Å². The standard InChI is InChI=1S/C19H20N2O3S/c22-19(11-17-16-7-1-2-8-18(16)24-20-17)21(12-14-5-3-9-23-14)13-15-6-4-10-25-15/h1-2,4,6-8,10,14H,3,5,9,11-13H2. The Labute approximate surface area is 150 Å². The molecule has 0 bridgehead atoms. The number of amides is 1. The van der Waals surface area contributed by atoms with Gasteiger partial charge in [-0.05, 0) is 36.4 Å². The highest BCUT2D eigenvalue weighted by Crippen LogP contribution is 2.21. The number of ether oxygens (including phenoxy) is 1. The Morgan fingerprint density at radius 1 is 1.28 bits per heavy atom. The molecule has 0 saturated carbocycles. The van der Waals surface area contributed by atoms with Gasteiger partial charge in [0.15, 0.2) is 5.58 Å². The number of rotatable bonds is 6. The van der Waals surface area contributed by atoms with E-state index in [4.69, 9.17) is 9.26 Å². The van der Waals surface area contributed by atoms with Crippen LogP contribution in [-0.2, 0) is 22.5 Å². The number of aromatic nitrogens is 1. The zero-order valence-electron chi connectivity index (χ0n) is 13.9. The van der Waals surface area contributed by atoms with Crippen molar-refractivity contribution in [1.82, 2.24) is 10.1 Å². The zero-order valence-corrected chi connectivity index (χ0v) is 14.7. The first-order valence-corrected chi connectivity index (χ1v) is 9.42. The molecule has 6 heteroatoms. The highest BCUT2D eigenvalue weighted by Gasteiger charge is 2.24. The van der Waals surface area contributed by atoms with Gasteiger partial charge < -0.3 is 14.2 Å². The summed E-state index contributed by atoms with van der Waals surface area (Å²) < 4.78 is 11.1. The van der Waals surface area contributed by atoms with Crippen LogP contribution in [-0.4, -0.2) is 35.2 Å². The lowest BCUT2D eigenvalue weighted by molar-refractivity contribution is -0.132. The maximum atomic E-state index is 13.0. The van der Waals surface area contributed by atoms with E-state index in [2.05, 4.69) is 11.2 Å². The van der Waals surface area contributed by atoms with Gasteiger partial charge in [-0.2, -0.15) is 0 Å². The second-order valence-electron chi connectivity index (χ2n) is 6.29. The smallest absolute Gasteiger partial charge is 0.229 e. The maximum absolute atomic E-state index is 13.0. The molecule has 1 aliphatic heterocycles. The monoisotopic (exact) mass is 356 g/mol. The lowest BCUT2D eigenvalue weighted by Crippen LogP contribution is -2.37. The third kappa shape index (κ3) is 3.75. The molecule has 2 aromatic heterocycles. The SMILES string of the molecule is O=C(Cc1noc2ccccc12)N(Cc1cccs1)CC1CCCO1. The van der Waals surface area contributed by atoms with Gasteiger partial charge in [-0.3, -0.25) is 4.79 Å². The molecule has 0 aliphatic carbocycles. The predicted molar refractivity (Wildman–Crippen MR) is 96.4 cm³/mol. The van der Waals surface area contributed by atoms with Crippen molar-refractivity contribution >= 4 is 28.2 Å². The molecule has 5 nitrogen and oxygen atoms in total. The second kappa shape index (κ2) is 7.37. The van der Waals surface area contributed by atoms with Gasteiger partial charge in [-0.15, -0.1) is 11.3 Å². The van der Waals surface area contributed by atoms with Gasteiger partial charge in [0.05, 0.1) is 19.1 Å². The molecule has 0 spiro atoms. The van der Waals surface area contributed by atoms with Crippen molar-refractivity contribution < 1.29 is 14.1 Å². The molecule has 130 valence electrons. The van der Waals surface area contributed by atoms with Crippen LogP contribution in [0.15, 0.2) is 46.3 Å². The molecule has 1 atom stereocenters. The minimum absolute atomic E-state index is 0.0583. The van der Waals surface area contributed by atoms with Gasteiger partial charge in [0.25, 0.3) is 0 Å². The third-order valence-corrected chi connectivity index (χ3v) is 5.36. The topological polar surface area (TPSA) is 55.6 Å². The second-order valence-corrected chi connectivity index (χ2v) is 7.32. The molecular weight excluding hydrogens is 336 g/mol. The van der Waals surface area contributed by atoms with Crippen molar-refractivity contribution in [3.8, 4) is 0 Å². The van der Waals surface area contributed by atoms with E-state index in [1.165, 1.54) is 4.88 Å². The number of thiophene rings is 1. The number of carbonyl (C=O) groups is 1. The van der Waals surface area contributed by atoms with Crippen molar-refractivity contribution in [1.29, 1.82) is 0 Å². The molecule has 1 amide bonds. The van der Waals surface area contributed by atoms with Crippen LogP contribution in [0.2, 0.25) is 0 Å². The molecule has 1 aromatic carbocycles. The van der Waals surface area contributed by atoms with Crippen molar-refractivity contribution in [3.63, 3.8) is 0 Å². The zero-order chi connectivity index (χ0) is 17.1. The van der Waals surface area contributed by atoms with Crippen molar-refractivity contribution in [3.05, 3.63) is 52.3 Å². The molecular formula is C19H20N2O3S. The predicted octanol–water partition coefficient (Wildman–Crippen LogP) is 3.64. The Bertz CT molecular complexity index is 837. The summed E-state index contributed by atoms with van der Waals surface area (Å²) in [5.74, 6) is 0.0583. The highest BCUT2D eigenvalue weighted by molar-refractivity contribution is 7.09. The van der Waals surface area contributed by atoms with Gasteiger partial charge in [0, 0.05) is 23.4 Å². The first kappa shape index (κ1) is 16.3. The number of carbonyl (C=O) groups excluding carboxylic acids is 1. The number of para-hydroxylation sites is 1. The lowest BCUT2D eigenvalue weighted by atomic mass is 10.1. The van der Waals surface area contributed by atoms with E-state index >= 15 is 0 Å². The molecule has 1 fully saturated rings. The molecule has 0 radical (unpaired) electrons. The van der Waals surface area contributed by atoms with Crippen LogP contribution in [0.1, 0.15) is 23.4 Å². The van der Waals surface area contributed by atoms with E-state index in [1.54, 1.807) is 11.3 Å². The number of fused-ring (bicyclic) bond motifs is 1. The first-order chi connectivity index (χ1) is 12.3. The average Bonchev–Trinajstić information content (AvgIpc) is 3.37. The fourth-order valence-electron chi connectivity index (χ4n) is 3.20. The Morgan fingerprint density at radius 3 is 3.00 bits per heavy atom. The summed E-state index contributed by atoms with van der Waals surface area (Å²) in [4.78, 5) is 16.0. The third-order valence-electron chi connectivity index (χ3n) is 4.50. The Kier molecular flexibility index (Phi) is 4.81. The van der Waals surface area contributed by atoms with E-state index in [0.717, 1.165) is 24.8 Å². The number of hydrogen-bond acceptors (Lipinski definition) is 5. The van der Waals surface area contributed by atoms with Crippen LogP contribution in [0.25, 0.3) is 11.0 Å². The largest absolute Gasteiger partial charge is 0.376 e. The highest BCUT2D eigenvalue weighted by atomic mass is 32.1. The fourth-order valence-corrected chi connectivity index (χ4v) is 3.92. The number of hydrogen-bond donors (Lipinski definition) is 0. The minimum Gasteiger partial charge on any atom is -0.376 e. The van der Waals surface area contributed by atoms with Crippen molar-refractivity contribution in [2.45, 2.75) is 31.9 Å². The summed E-state index contributed by atoms with van der Waals surface area (Å²) in [6.07, 6.45) is 2.47. The van der Waals surface area contributed by atoms with Crippen LogP contribution in [0, 0.1) is 0 Å². The van der Waals surface area contributed by atoms with E-state index in [-0.39, 0.29) is 18.4 Å². The number of benzene rings is 1. The van der Waals surface area contributed by atoms with Crippen molar-refractivity contribution in [2.75, 3.05) is 13.2 Å². The van der Waals surface area contributed by atoms with Crippen LogP contribution >= 0.6 is 11.3 Å². The summed E-state index contributed by atoms with van der Waals surface area (Å²) in [6, 6.07) is 11.7. The molecule has 25 heavy (non-hydrogen) atoms. The normalized spacial score (nSPS) is 17.2. The van der Waals surface area contributed by atoms with Crippen LogP contribution in [0.5, 0.6) is 0 Å². The summed E-state index contributed by atoms with van der Waals surface area (Å²) in [7, 11) is 0. The van der Waals surface area contributed by atoms with E-state index in [9.17, 15) is 4.79 Å². The average molecular weight is 356 g/mol. The quantitative estimate of drug-likeness (QED) is 0.677. The first-order valence-electron chi connectivity index (χ1n) is 8.54. The molecule has 4 rings (SSSR count). The molecule has 1 unspecified atom stereocenters.